The quantitative estimate of drug-likeness (QED) is 0.535. The van der Waals surface area contributed by atoms with E-state index in [1.807, 2.05) is 0 Å². The van der Waals surface area contributed by atoms with E-state index < -0.39 is 0 Å². The number of hydrogen-bond donors (Lipinski definition) is 0. The van der Waals surface area contributed by atoms with Gasteiger partial charge in [-0.3, -0.25) is 0 Å². The van der Waals surface area contributed by atoms with Crippen molar-refractivity contribution in [2.75, 3.05) is 12.4 Å². The van der Waals surface area contributed by atoms with Gasteiger partial charge in [-0.25, -0.2) is 0 Å². The first-order valence-corrected chi connectivity index (χ1v) is 11.1. The van der Waals surface area contributed by atoms with Crippen molar-refractivity contribution in [1.29, 1.82) is 0 Å². The third-order valence-electron chi connectivity index (χ3n) is 7.15. The second-order valence-corrected chi connectivity index (χ2v) is 11.0. The molecule has 4 fully saturated rings. The van der Waals surface area contributed by atoms with Gasteiger partial charge in [0, 0.05) is 22.9 Å². The molecule has 120 valence electrons. The third-order valence-corrected chi connectivity index (χ3v) is 10.5. The zero-order valence-electron chi connectivity index (χ0n) is 13.9. The van der Waals surface area contributed by atoms with E-state index in [0.29, 0.717) is 16.3 Å². The second-order valence-electron chi connectivity index (χ2n) is 8.18. The van der Waals surface area contributed by atoms with E-state index in [0.717, 1.165) is 22.8 Å². The van der Waals surface area contributed by atoms with Crippen LogP contribution in [0.2, 0.25) is 0 Å². The lowest BCUT2D eigenvalue weighted by Crippen LogP contribution is -2.58. The molecule has 0 aromatic rings. The van der Waals surface area contributed by atoms with E-state index >= 15 is 0 Å². The average molecular weight is 310 g/mol. The molecule has 0 bridgehead atoms. The Kier molecular flexibility index (Phi) is 4.07. The van der Waals surface area contributed by atoms with Gasteiger partial charge in [-0.2, -0.15) is 0 Å². The maximum Gasteiger partial charge on any atom is 0.160 e. The molecule has 4 aliphatic rings. The Morgan fingerprint density at radius 2 is 1.52 bits per heavy atom. The highest BCUT2D eigenvalue weighted by Crippen LogP contribution is 2.63. The van der Waals surface area contributed by atoms with Crippen molar-refractivity contribution in [3.63, 3.8) is 0 Å². The van der Waals surface area contributed by atoms with Gasteiger partial charge in [-0.05, 0) is 64.7 Å². The first-order valence-electron chi connectivity index (χ1n) is 9.60. The lowest BCUT2D eigenvalue weighted by molar-refractivity contribution is -0.0893. The van der Waals surface area contributed by atoms with Crippen LogP contribution in [0, 0.1) is 5.41 Å². The van der Waals surface area contributed by atoms with Crippen LogP contribution in [0.3, 0.4) is 0 Å². The Hall–Kier alpha value is 0.310. The summed E-state index contributed by atoms with van der Waals surface area (Å²) in [5.74, 6) is 1.55. The molecule has 0 N–H and O–H groups in total. The van der Waals surface area contributed by atoms with Crippen molar-refractivity contribution in [3.05, 3.63) is 0 Å². The summed E-state index contributed by atoms with van der Waals surface area (Å²) in [5.41, 5.74) is 0.585. The maximum absolute atomic E-state index is 6.46. The van der Waals surface area contributed by atoms with Gasteiger partial charge in [0.2, 0.25) is 0 Å². The number of ether oxygens (including phenoxy) is 1. The topological polar surface area (TPSA) is 9.23 Å². The fourth-order valence-corrected chi connectivity index (χ4v) is 9.55. The molecule has 1 nitrogen and oxygen atoms in total. The highest BCUT2D eigenvalue weighted by atomic mass is 32.2. The first kappa shape index (κ1) is 14.9. The van der Waals surface area contributed by atoms with Gasteiger partial charge in [0.1, 0.15) is 4.75 Å². The van der Waals surface area contributed by atoms with Gasteiger partial charge in [-0.1, -0.05) is 19.3 Å². The number of rotatable bonds is 3. The summed E-state index contributed by atoms with van der Waals surface area (Å²) in [4.78, 5) is 0. The molecule has 0 aromatic carbocycles. The maximum atomic E-state index is 6.46. The van der Waals surface area contributed by atoms with Crippen LogP contribution in [0.15, 0.2) is 0 Å². The van der Waals surface area contributed by atoms with E-state index in [1.54, 1.807) is 18.6 Å². The van der Waals surface area contributed by atoms with E-state index in [2.05, 4.69) is 6.92 Å². The Balaban J connectivity index is 1.69. The standard InChI is InChI=1S/C19H33OS/c1-16-15-21(16)19(12-4-2-5-13-19)18(10-6-7-11-18)17-9-3-8-14-20-17/h16-17H,2-15H2,1H3/q+1. The summed E-state index contributed by atoms with van der Waals surface area (Å²) in [7, 11) is 0.734. The van der Waals surface area contributed by atoms with Gasteiger partial charge < -0.3 is 4.74 Å². The van der Waals surface area contributed by atoms with Crippen LogP contribution < -0.4 is 0 Å². The van der Waals surface area contributed by atoms with Gasteiger partial charge >= 0.3 is 0 Å². The fraction of sp³-hybridized carbons (Fsp3) is 1.00. The Bertz CT molecular complexity index is 362. The second kappa shape index (κ2) is 5.74. The normalized spacial score (nSPS) is 41.9. The Morgan fingerprint density at radius 1 is 0.857 bits per heavy atom. The molecule has 2 saturated heterocycles. The van der Waals surface area contributed by atoms with Crippen molar-refractivity contribution in [2.24, 2.45) is 5.41 Å². The summed E-state index contributed by atoms with van der Waals surface area (Å²) in [5, 5.41) is 1.03. The lowest BCUT2D eigenvalue weighted by atomic mass is 9.62. The minimum Gasteiger partial charge on any atom is -0.377 e. The smallest absolute Gasteiger partial charge is 0.160 e. The van der Waals surface area contributed by atoms with Crippen LogP contribution in [0.5, 0.6) is 0 Å². The fourth-order valence-electron chi connectivity index (χ4n) is 6.16. The van der Waals surface area contributed by atoms with Crippen LogP contribution in [0.1, 0.15) is 84.0 Å². The monoisotopic (exact) mass is 309 g/mol. The van der Waals surface area contributed by atoms with Crippen LogP contribution in [-0.2, 0) is 15.6 Å². The zero-order valence-corrected chi connectivity index (χ0v) is 14.7. The summed E-state index contributed by atoms with van der Waals surface area (Å²) < 4.78 is 7.16. The van der Waals surface area contributed by atoms with Gasteiger partial charge in [0.25, 0.3) is 0 Å². The molecule has 3 atom stereocenters. The molecular formula is C19H33OS+. The van der Waals surface area contributed by atoms with Crippen LogP contribution in [0.4, 0.5) is 0 Å². The average Bonchev–Trinajstić information content (AvgIpc) is 3.09. The highest BCUT2D eigenvalue weighted by Gasteiger charge is 2.72. The van der Waals surface area contributed by atoms with E-state index in [9.17, 15) is 0 Å². The molecule has 3 unspecified atom stereocenters. The minimum atomic E-state index is 0.585. The first-order chi connectivity index (χ1) is 10.3. The van der Waals surface area contributed by atoms with E-state index in [4.69, 9.17) is 4.74 Å². The SMILES string of the molecule is CC1C[S+]1C1(C2(C3CCCCO3)CCCC2)CCCCC1. The van der Waals surface area contributed by atoms with Crippen molar-refractivity contribution < 1.29 is 4.74 Å². The van der Waals surface area contributed by atoms with Crippen LogP contribution >= 0.6 is 0 Å². The molecule has 2 heteroatoms. The summed E-state index contributed by atoms with van der Waals surface area (Å²) in [6.07, 6.45) is 18.3. The molecule has 4 rings (SSSR count). The predicted molar refractivity (Wildman–Crippen MR) is 92.0 cm³/mol. The summed E-state index contributed by atoms with van der Waals surface area (Å²) in [6, 6.07) is 0. The molecule has 0 spiro atoms. The van der Waals surface area contributed by atoms with Gasteiger partial charge in [-0.15, -0.1) is 0 Å². The van der Waals surface area contributed by atoms with Crippen LogP contribution in [0.25, 0.3) is 0 Å². The minimum absolute atomic E-state index is 0.585. The van der Waals surface area contributed by atoms with Crippen molar-refractivity contribution in [2.45, 2.75) is 100 Å². The Morgan fingerprint density at radius 3 is 2.10 bits per heavy atom. The van der Waals surface area contributed by atoms with E-state index in [-0.39, 0.29) is 0 Å². The van der Waals surface area contributed by atoms with E-state index in [1.165, 1.54) is 64.2 Å². The molecular weight excluding hydrogens is 276 g/mol. The number of hydrogen-bond acceptors (Lipinski definition) is 1. The van der Waals surface area contributed by atoms with Crippen molar-refractivity contribution in [1.82, 2.24) is 0 Å². The van der Waals surface area contributed by atoms with Gasteiger partial charge in [0.05, 0.1) is 6.10 Å². The summed E-state index contributed by atoms with van der Waals surface area (Å²) in [6.45, 7) is 3.58. The zero-order chi connectivity index (χ0) is 14.3. The van der Waals surface area contributed by atoms with Crippen molar-refractivity contribution in [3.8, 4) is 0 Å². The molecule has 2 aliphatic carbocycles. The molecule has 2 heterocycles. The molecule has 2 saturated carbocycles. The molecule has 2 aliphatic heterocycles. The van der Waals surface area contributed by atoms with Crippen LogP contribution in [-0.4, -0.2) is 28.5 Å². The molecule has 21 heavy (non-hydrogen) atoms. The van der Waals surface area contributed by atoms with Crippen molar-refractivity contribution >= 4 is 10.9 Å². The predicted octanol–water partition coefficient (Wildman–Crippen LogP) is 4.84. The third kappa shape index (κ3) is 2.31. The molecule has 0 amide bonds. The summed E-state index contributed by atoms with van der Waals surface area (Å²) >= 11 is 0. The lowest BCUT2D eigenvalue weighted by Gasteiger charge is -2.51. The van der Waals surface area contributed by atoms with Gasteiger partial charge in [0.15, 0.2) is 11.0 Å². The largest absolute Gasteiger partial charge is 0.377 e. The highest BCUT2D eigenvalue weighted by molar-refractivity contribution is 8.05. The molecule has 0 aromatic heterocycles. The Labute approximate surface area is 133 Å². The molecule has 0 radical (unpaired) electrons.